The van der Waals surface area contributed by atoms with Gasteiger partial charge in [-0.3, -0.25) is 4.98 Å². The molecule has 1 saturated heterocycles. The van der Waals surface area contributed by atoms with E-state index in [0.717, 1.165) is 28.5 Å². The highest BCUT2D eigenvalue weighted by Gasteiger charge is 2.37. The average Bonchev–Trinajstić information content (AvgIpc) is 3.21. The van der Waals surface area contributed by atoms with Crippen LogP contribution in [-0.4, -0.2) is 39.0 Å². The molecule has 0 bridgehead atoms. The molecule has 2 aliphatic rings. The van der Waals surface area contributed by atoms with Gasteiger partial charge in [0.25, 0.3) is 0 Å². The first kappa shape index (κ1) is 14.2. The van der Waals surface area contributed by atoms with Gasteiger partial charge in [0.05, 0.1) is 40.9 Å². The number of nitrogens with zero attached hydrogens (tertiary/aromatic N) is 4. The number of nitrogens with one attached hydrogen (secondary N) is 1. The topological polar surface area (TPSA) is 94.9 Å². The van der Waals surface area contributed by atoms with Crippen molar-refractivity contribution < 1.29 is 9.53 Å². The number of hydrogen-bond donors (Lipinski definition) is 1. The van der Waals surface area contributed by atoms with Gasteiger partial charge in [0.2, 0.25) is 0 Å². The van der Waals surface area contributed by atoms with Crippen LogP contribution in [0.3, 0.4) is 0 Å². The van der Waals surface area contributed by atoms with Crippen molar-refractivity contribution in [1.82, 2.24) is 19.9 Å². The number of pyridine rings is 1. The molecular formula is C18H15N5O2. The number of nitriles is 1. The first-order chi connectivity index (χ1) is 12.2. The lowest BCUT2D eigenvalue weighted by Gasteiger charge is -2.10. The van der Waals surface area contributed by atoms with Crippen LogP contribution >= 0.6 is 0 Å². The van der Waals surface area contributed by atoms with Gasteiger partial charge in [-0.25, -0.2) is 9.78 Å². The van der Waals surface area contributed by atoms with E-state index in [1.165, 1.54) is 12.8 Å². The first-order valence-corrected chi connectivity index (χ1v) is 8.35. The van der Waals surface area contributed by atoms with E-state index in [4.69, 9.17) is 10.00 Å². The number of aromatic amines is 1. The molecule has 3 aromatic rings. The molecule has 2 aromatic heterocycles. The molecule has 7 heteroatoms. The van der Waals surface area contributed by atoms with Gasteiger partial charge in [0.15, 0.2) is 11.9 Å². The van der Waals surface area contributed by atoms with Crippen molar-refractivity contribution in [2.24, 2.45) is 5.92 Å². The summed E-state index contributed by atoms with van der Waals surface area (Å²) in [5, 5.41) is 9.94. The molecule has 1 N–H and O–H groups in total. The number of hydrogen-bond acceptors (Lipinski definition) is 5. The number of ether oxygens (including phenoxy) is 1. The van der Waals surface area contributed by atoms with Gasteiger partial charge in [0, 0.05) is 11.9 Å². The van der Waals surface area contributed by atoms with Crippen molar-refractivity contribution in [3.05, 3.63) is 35.8 Å². The number of carbonyl (C=O) groups is 1. The number of aromatic nitrogens is 3. The van der Waals surface area contributed by atoms with Crippen molar-refractivity contribution in [2.45, 2.75) is 18.9 Å². The third-order valence-electron chi connectivity index (χ3n) is 4.83. The summed E-state index contributed by atoms with van der Waals surface area (Å²) in [5.74, 6) is 1.25. The Morgan fingerprint density at radius 3 is 3.08 bits per heavy atom. The fourth-order valence-corrected chi connectivity index (χ4v) is 3.31. The van der Waals surface area contributed by atoms with E-state index in [9.17, 15) is 4.79 Å². The highest BCUT2D eigenvalue weighted by Crippen LogP contribution is 2.34. The summed E-state index contributed by atoms with van der Waals surface area (Å²) in [6.45, 7) is 1.29. The minimum atomic E-state index is -0.396. The van der Waals surface area contributed by atoms with Gasteiger partial charge in [-0.15, -0.1) is 0 Å². The predicted molar refractivity (Wildman–Crippen MR) is 89.6 cm³/mol. The summed E-state index contributed by atoms with van der Waals surface area (Å²) in [7, 11) is 0. The molecule has 1 aliphatic carbocycles. The normalized spacial score (nSPS) is 20.2. The quantitative estimate of drug-likeness (QED) is 0.795. The maximum Gasteiger partial charge on any atom is 0.410 e. The molecule has 1 atom stereocenters. The fraction of sp³-hybridized carbons (Fsp3) is 0.333. The number of carbonyl (C=O) groups excluding carboxylic acids is 1. The Morgan fingerprint density at radius 1 is 1.40 bits per heavy atom. The highest BCUT2D eigenvalue weighted by molar-refractivity contribution is 6.02. The summed E-state index contributed by atoms with van der Waals surface area (Å²) < 4.78 is 5.50. The highest BCUT2D eigenvalue weighted by atomic mass is 16.6. The fourth-order valence-electron chi connectivity index (χ4n) is 3.31. The number of amides is 1. The Labute approximate surface area is 143 Å². The minimum Gasteiger partial charge on any atom is -0.436 e. The molecule has 25 heavy (non-hydrogen) atoms. The Bertz CT molecular complexity index is 1050. The third-order valence-corrected chi connectivity index (χ3v) is 4.83. The number of cyclic esters (lactones) is 1. The largest absolute Gasteiger partial charge is 0.436 e. The van der Waals surface area contributed by atoms with Crippen LogP contribution in [0.1, 0.15) is 30.3 Å². The van der Waals surface area contributed by atoms with E-state index in [2.05, 4.69) is 21.0 Å². The molecule has 1 aromatic carbocycles. The molecular weight excluding hydrogens is 318 g/mol. The van der Waals surface area contributed by atoms with Crippen molar-refractivity contribution in [3.63, 3.8) is 0 Å². The van der Waals surface area contributed by atoms with Gasteiger partial charge >= 0.3 is 6.09 Å². The summed E-state index contributed by atoms with van der Waals surface area (Å²) in [5.41, 5.74) is 2.86. The number of fused-ring (bicyclic) bond motifs is 3. The molecule has 1 aliphatic heterocycles. The van der Waals surface area contributed by atoms with Gasteiger partial charge in [0.1, 0.15) is 0 Å². The van der Waals surface area contributed by atoms with Gasteiger partial charge in [-0.1, -0.05) is 0 Å². The number of benzene rings is 1. The van der Waals surface area contributed by atoms with E-state index in [-0.39, 0.29) is 6.09 Å². The summed E-state index contributed by atoms with van der Waals surface area (Å²) in [6.07, 6.45) is 3.44. The van der Waals surface area contributed by atoms with Crippen LogP contribution in [0, 0.1) is 17.2 Å². The zero-order valence-corrected chi connectivity index (χ0v) is 13.4. The second kappa shape index (κ2) is 5.18. The van der Waals surface area contributed by atoms with Crippen molar-refractivity contribution in [1.29, 1.82) is 5.26 Å². The van der Waals surface area contributed by atoms with E-state index < -0.39 is 6.10 Å². The molecule has 7 nitrogen and oxygen atoms in total. The minimum absolute atomic E-state index is 0.271. The number of imidazole rings is 1. The molecule has 0 radical (unpaired) electrons. The third kappa shape index (κ3) is 2.38. The molecule has 1 amide bonds. The van der Waals surface area contributed by atoms with Crippen LogP contribution in [-0.2, 0) is 4.74 Å². The van der Waals surface area contributed by atoms with Crippen LogP contribution in [0.25, 0.3) is 21.9 Å². The molecule has 3 heterocycles. The Hall–Kier alpha value is -3.14. The predicted octanol–water partition coefficient (Wildman–Crippen LogP) is 2.89. The maximum absolute atomic E-state index is 12.0. The second-order valence-corrected chi connectivity index (χ2v) is 6.71. The SMILES string of the molecule is N#Cc1ccc2ncc3[nH]c([C@H]4CN(CC5CC5)C(=O)O4)nc3c2c1. The van der Waals surface area contributed by atoms with Gasteiger partial charge in [-0.05, 0) is 37.0 Å². The lowest BCUT2D eigenvalue weighted by Crippen LogP contribution is -2.26. The van der Waals surface area contributed by atoms with Crippen molar-refractivity contribution in [2.75, 3.05) is 13.1 Å². The van der Waals surface area contributed by atoms with Crippen LogP contribution in [0.4, 0.5) is 4.79 Å². The molecule has 0 unspecified atom stereocenters. The van der Waals surface area contributed by atoms with Crippen molar-refractivity contribution in [3.8, 4) is 6.07 Å². The summed E-state index contributed by atoms with van der Waals surface area (Å²) in [4.78, 5) is 26.1. The van der Waals surface area contributed by atoms with Crippen LogP contribution in [0.15, 0.2) is 24.4 Å². The Morgan fingerprint density at radius 2 is 2.28 bits per heavy atom. The summed E-state index contributed by atoms with van der Waals surface area (Å²) >= 11 is 0. The molecule has 5 rings (SSSR count). The molecule has 1 saturated carbocycles. The zero-order valence-electron chi connectivity index (χ0n) is 13.4. The van der Waals surface area contributed by atoms with E-state index in [1.807, 2.05) is 6.07 Å². The standard InChI is InChI=1S/C18H15N5O2/c19-6-11-3-4-13-12(5-11)16-14(7-20-13)21-17(22-16)15-9-23(18(24)25-15)8-10-1-2-10/h3-5,7,10,15H,1-2,8-9H2,(H,21,22)/t15-/m1/s1. The summed E-state index contributed by atoms with van der Waals surface area (Å²) in [6, 6.07) is 7.48. The monoisotopic (exact) mass is 333 g/mol. The van der Waals surface area contributed by atoms with E-state index in [1.54, 1.807) is 23.2 Å². The molecule has 124 valence electrons. The van der Waals surface area contributed by atoms with E-state index in [0.29, 0.717) is 23.9 Å². The van der Waals surface area contributed by atoms with Crippen LogP contribution in [0.2, 0.25) is 0 Å². The number of rotatable bonds is 3. The van der Waals surface area contributed by atoms with E-state index >= 15 is 0 Å². The van der Waals surface area contributed by atoms with Gasteiger partial charge in [-0.2, -0.15) is 5.26 Å². The molecule has 2 fully saturated rings. The average molecular weight is 333 g/mol. The smallest absolute Gasteiger partial charge is 0.410 e. The van der Waals surface area contributed by atoms with Gasteiger partial charge < -0.3 is 14.6 Å². The lowest BCUT2D eigenvalue weighted by molar-refractivity contribution is 0.129. The Balaban J connectivity index is 1.53. The van der Waals surface area contributed by atoms with Crippen LogP contribution in [0.5, 0.6) is 0 Å². The Kier molecular flexibility index (Phi) is 2.95. The van der Waals surface area contributed by atoms with Crippen LogP contribution < -0.4 is 0 Å². The zero-order chi connectivity index (χ0) is 17.0. The maximum atomic E-state index is 12.0. The lowest BCUT2D eigenvalue weighted by atomic mass is 10.1. The first-order valence-electron chi connectivity index (χ1n) is 8.35. The molecule has 0 spiro atoms. The number of H-pyrrole nitrogens is 1. The van der Waals surface area contributed by atoms with Crippen molar-refractivity contribution >= 4 is 28.0 Å². The second-order valence-electron chi connectivity index (χ2n) is 6.71.